The van der Waals surface area contributed by atoms with Gasteiger partial charge in [0.2, 0.25) is 0 Å². The molecule has 2 bridgehead atoms. The van der Waals surface area contributed by atoms with Gasteiger partial charge in [-0.25, -0.2) is 0 Å². The summed E-state index contributed by atoms with van der Waals surface area (Å²) in [4.78, 5) is 11.7. The van der Waals surface area contributed by atoms with Crippen molar-refractivity contribution in [3.63, 3.8) is 0 Å². The second-order valence-electron chi connectivity index (χ2n) is 4.33. The van der Waals surface area contributed by atoms with Crippen LogP contribution in [0.1, 0.15) is 38.5 Å². The number of rotatable bonds is 2. The number of terminal acetylenes is 1. The Morgan fingerprint density at radius 1 is 1.36 bits per heavy atom. The van der Waals surface area contributed by atoms with Crippen LogP contribution < -0.4 is 0 Å². The van der Waals surface area contributed by atoms with Crippen molar-refractivity contribution in [2.24, 2.45) is 5.92 Å². The number of ketones is 1. The Morgan fingerprint density at radius 2 is 2.00 bits per heavy atom. The molecule has 0 saturated carbocycles. The first kappa shape index (κ1) is 10.1. The fraction of sp³-hybridized carbons (Fsp3) is 0.750. The van der Waals surface area contributed by atoms with Gasteiger partial charge in [0.15, 0.2) is 0 Å². The minimum absolute atomic E-state index is 0.280. The van der Waals surface area contributed by atoms with Crippen LogP contribution in [0.2, 0.25) is 0 Å². The van der Waals surface area contributed by atoms with Crippen LogP contribution in [0.3, 0.4) is 0 Å². The molecule has 0 aromatic rings. The average molecular weight is 208 g/mol. The lowest BCUT2D eigenvalue weighted by Crippen LogP contribution is -2.32. The van der Waals surface area contributed by atoms with Crippen molar-refractivity contribution in [2.45, 2.75) is 49.0 Å². The number of thioether (sulfide) groups is 1. The lowest BCUT2D eigenvalue weighted by molar-refractivity contribution is -0.122. The van der Waals surface area contributed by atoms with E-state index < -0.39 is 0 Å². The zero-order chi connectivity index (χ0) is 9.97. The Labute approximate surface area is 90.0 Å². The van der Waals surface area contributed by atoms with E-state index in [1.165, 1.54) is 19.3 Å². The van der Waals surface area contributed by atoms with Crippen molar-refractivity contribution in [2.75, 3.05) is 0 Å². The van der Waals surface area contributed by atoms with E-state index in [1.54, 1.807) is 0 Å². The summed E-state index contributed by atoms with van der Waals surface area (Å²) >= 11 is 2.11. The van der Waals surface area contributed by atoms with E-state index in [1.807, 2.05) is 0 Å². The molecular formula is C12H16OS. The molecule has 2 aliphatic rings. The number of hydrogen-bond donors (Lipinski definition) is 0. The topological polar surface area (TPSA) is 17.1 Å². The van der Waals surface area contributed by atoms with Crippen LogP contribution in [0, 0.1) is 18.3 Å². The molecule has 76 valence electrons. The molecule has 2 heterocycles. The molecule has 14 heavy (non-hydrogen) atoms. The van der Waals surface area contributed by atoms with Crippen LogP contribution in [0.15, 0.2) is 0 Å². The molecule has 0 radical (unpaired) electrons. The fourth-order valence-corrected chi connectivity index (χ4v) is 4.40. The molecule has 2 atom stereocenters. The minimum Gasteiger partial charge on any atom is -0.298 e. The van der Waals surface area contributed by atoms with Gasteiger partial charge in [0.05, 0.1) is 6.42 Å². The van der Waals surface area contributed by atoms with Gasteiger partial charge < -0.3 is 0 Å². The lowest BCUT2D eigenvalue weighted by atomic mass is 9.86. The highest BCUT2D eigenvalue weighted by atomic mass is 32.2. The summed E-state index contributed by atoms with van der Waals surface area (Å²) in [6.45, 7) is 0. The Morgan fingerprint density at radius 3 is 2.57 bits per heavy atom. The first-order valence-electron chi connectivity index (χ1n) is 5.41. The molecule has 2 unspecified atom stereocenters. The molecule has 2 rings (SSSR count). The smallest absolute Gasteiger partial charge is 0.147 e. The van der Waals surface area contributed by atoms with Gasteiger partial charge in [-0.2, -0.15) is 11.8 Å². The maximum absolute atomic E-state index is 11.7. The molecule has 0 aliphatic carbocycles. The summed E-state index contributed by atoms with van der Waals surface area (Å²) in [5.41, 5.74) is 0. The molecule has 2 aliphatic heterocycles. The summed E-state index contributed by atoms with van der Waals surface area (Å²) in [6.07, 6.45) is 11.7. The van der Waals surface area contributed by atoms with E-state index in [2.05, 4.69) is 17.7 Å². The first-order valence-corrected chi connectivity index (χ1v) is 6.35. The van der Waals surface area contributed by atoms with Crippen molar-refractivity contribution in [3.05, 3.63) is 0 Å². The third-order valence-electron chi connectivity index (χ3n) is 3.26. The fourth-order valence-electron chi connectivity index (χ4n) is 2.57. The Bertz CT molecular complexity index is 254. The Balaban J connectivity index is 1.95. The van der Waals surface area contributed by atoms with Crippen molar-refractivity contribution < 1.29 is 4.79 Å². The maximum Gasteiger partial charge on any atom is 0.147 e. The molecule has 2 saturated heterocycles. The van der Waals surface area contributed by atoms with Crippen molar-refractivity contribution in [1.29, 1.82) is 0 Å². The summed E-state index contributed by atoms with van der Waals surface area (Å²) in [6, 6.07) is 0. The number of carbonyl (C=O) groups is 1. The van der Waals surface area contributed by atoms with E-state index >= 15 is 0 Å². The number of carbonyl (C=O) groups excluding carboxylic acids is 1. The standard InChI is InChI=1S/C12H16OS/c1-2-4-12(13)9-7-10-5-3-6-11(8-9)14-10/h1,9-11H,3-8H2. The van der Waals surface area contributed by atoms with Crippen LogP contribution in [0.4, 0.5) is 0 Å². The molecule has 0 amide bonds. The predicted molar refractivity (Wildman–Crippen MR) is 60.2 cm³/mol. The van der Waals surface area contributed by atoms with Crippen LogP contribution in [-0.2, 0) is 4.79 Å². The van der Waals surface area contributed by atoms with Gasteiger partial charge in [-0.3, -0.25) is 4.79 Å². The highest BCUT2D eigenvalue weighted by Gasteiger charge is 2.34. The number of hydrogen-bond acceptors (Lipinski definition) is 2. The van der Waals surface area contributed by atoms with Gasteiger partial charge in [-0.05, 0) is 25.7 Å². The summed E-state index contributed by atoms with van der Waals surface area (Å²) < 4.78 is 0. The third kappa shape index (κ3) is 2.15. The summed E-state index contributed by atoms with van der Waals surface area (Å²) in [7, 11) is 0. The number of Topliss-reactive ketones (excluding diaryl/α,β-unsaturated/α-hetero) is 1. The van der Waals surface area contributed by atoms with E-state index in [4.69, 9.17) is 6.42 Å². The van der Waals surface area contributed by atoms with Crippen molar-refractivity contribution in [1.82, 2.24) is 0 Å². The molecule has 2 fully saturated rings. The third-order valence-corrected chi connectivity index (χ3v) is 4.89. The van der Waals surface area contributed by atoms with Crippen molar-refractivity contribution in [3.8, 4) is 12.3 Å². The Kier molecular flexibility index (Phi) is 3.18. The first-order chi connectivity index (χ1) is 6.79. The second-order valence-corrected chi connectivity index (χ2v) is 5.93. The molecule has 0 N–H and O–H groups in total. The van der Waals surface area contributed by atoms with Crippen LogP contribution in [-0.4, -0.2) is 16.3 Å². The molecule has 2 heteroatoms. The Hall–Kier alpha value is -0.420. The summed E-state index contributed by atoms with van der Waals surface area (Å²) in [5.74, 6) is 3.06. The van der Waals surface area contributed by atoms with Gasteiger partial charge in [0.25, 0.3) is 0 Å². The molecule has 0 spiro atoms. The van der Waals surface area contributed by atoms with Crippen LogP contribution >= 0.6 is 11.8 Å². The molecule has 1 nitrogen and oxygen atoms in total. The second kappa shape index (κ2) is 4.40. The van der Waals surface area contributed by atoms with E-state index in [0.29, 0.717) is 12.2 Å². The highest BCUT2D eigenvalue weighted by molar-refractivity contribution is 8.00. The zero-order valence-electron chi connectivity index (χ0n) is 8.37. The van der Waals surface area contributed by atoms with Gasteiger partial charge in [-0.15, -0.1) is 6.42 Å². The summed E-state index contributed by atoms with van der Waals surface area (Å²) in [5, 5.41) is 1.49. The van der Waals surface area contributed by atoms with E-state index in [9.17, 15) is 4.79 Å². The largest absolute Gasteiger partial charge is 0.298 e. The minimum atomic E-state index is 0.280. The molecule has 0 aromatic carbocycles. The predicted octanol–water partition coefficient (Wildman–Crippen LogP) is 2.64. The highest BCUT2D eigenvalue weighted by Crippen LogP contribution is 2.44. The number of fused-ring (bicyclic) bond motifs is 2. The molecular weight excluding hydrogens is 192 g/mol. The SMILES string of the molecule is C#CCC(=O)C1CC2CCCC(C1)S2. The van der Waals surface area contributed by atoms with E-state index in [0.717, 1.165) is 23.3 Å². The van der Waals surface area contributed by atoms with Gasteiger partial charge in [0, 0.05) is 16.4 Å². The van der Waals surface area contributed by atoms with Crippen LogP contribution in [0.25, 0.3) is 0 Å². The average Bonchev–Trinajstić information content (AvgIpc) is 2.17. The van der Waals surface area contributed by atoms with Gasteiger partial charge in [-0.1, -0.05) is 12.3 Å². The van der Waals surface area contributed by atoms with Gasteiger partial charge in [0.1, 0.15) is 5.78 Å². The van der Waals surface area contributed by atoms with E-state index in [-0.39, 0.29) is 5.92 Å². The quantitative estimate of drug-likeness (QED) is 0.649. The van der Waals surface area contributed by atoms with Crippen molar-refractivity contribution >= 4 is 17.5 Å². The maximum atomic E-state index is 11.7. The van der Waals surface area contributed by atoms with Crippen LogP contribution in [0.5, 0.6) is 0 Å². The molecule has 0 aromatic heterocycles. The van der Waals surface area contributed by atoms with Gasteiger partial charge >= 0.3 is 0 Å². The normalized spacial score (nSPS) is 36.1. The monoisotopic (exact) mass is 208 g/mol. The zero-order valence-corrected chi connectivity index (χ0v) is 9.19. The lowest BCUT2D eigenvalue weighted by Gasteiger charge is -2.37.